The first-order valence-corrected chi connectivity index (χ1v) is 3.90. The fraction of sp³-hybridized carbons (Fsp3) is 0.250. The summed E-state index contributed by atoms with van der Waals surface area (Å²) < 4.78 is 13.1. The molecule has 0 atom stereocenters. The zero-order valence-corrected chi connectivity index (χ0v) is 7.11. The number of hydrogen-bond acceptors (Lipinski definition) is 2. The average Bonchev–Trinajstić information content (AvgIpc) is 2.06. The molecule has 0 heterocycles. The van der Waals surface area contributed by atoms with Gasteiger partial charge in [-0.05, 0) is 25.1 Å². The predicted octanol–water partition coefficient (Wildman–Crippen LogP) is 1.69. The topological polar surface area (TPSA) is 46.2 Å². The molecular weight excluding hydrogens is 181 g/mol. The third-order valence-corrected chi connectivity index (χ3v) is 1.86. The van der Waals surface area contributed by atoms with Crippen molar-refractivity contribution in [3.05, 3.63) is 28.5 Å². The number of hydrogen-bond donors (Lipinski definition) is 2. The standard InChI is InChI=1S/C8H9ClFNO/c9-6-1-2-7(12)5(3-4-11)8(6)10/h1-2,12H,3-4,11H2. The molecule has 4 heteroatoms. The highest BCUT2D eigenvalue weighted by molar-refractivity contribution is 6.30. The fourth-order valence-electron chi connectivity index (χ4n) is 0.965. The van der Waals surface area contributed by atoms with E-state index in [9.17, 15) is 9.50 Å². The van der Waals surface area contributed by atoms with E-state index < -0.39 is 5.82 Å². The number of phenols is 1. The Bertz CT molecular complexity index is 291. The molecule has 1 aromatic rings. The van der Waals surface area contributed by atoms with Crippen molar-refractivity contribution < 1.29 is 9.50 Å². The van der Waals surface area contributed by atoms with Gasteiger partial charge in [0.25, 0.3) is 0 Å². The molecule has 1 aromatic carbocycles. The molecule has 0 fully saturated rings. The summed E-state index contributed by atoms with van der Waals surface area (Å²) >= 11 is 5.49. The Morgan fingerprint density at radius 3 is 2.75 bits per heavy atom. The quantitative estimate of drug-likeness (QED) is 0.744. The number of halogens is 2. The van der Waals surface area contributed by atoms with Gasteiger partial charge in [-0.25, -0.2) is 4.39 Å². The van der Waals surface area contributed by atoms with E-state index in [2.05, 4.69) is 0 Å². The summed E-state index contributed by atoms with van der Waals surface area (Å²) in [6.07, 6.45) is 0.290. The van der Waals surface area contributed by atoms with Gasteiger partial charge in [0.05, 0.1) is 5.02 Å². The molecule has 3 N–H and O–H groups in total. The Labute approximate surface area is 74.8 Å². The van der Waals surface area contributed by atoms with Crippen LogP contribution < -0.4 is 5.73 Å². The summed E-state index contributed by atoms with van der Waals surface area (Å²) in [4.78, 5) is 0. The highest BCUT2D eigenvalue weighted by Crippen LogP contribution is 2.26. The number of phenolic OH excluding ortho intramolecular Hbond substituents is 1. The van der Waals surface area contributed by atoms with Crippen LogP contribution in [-0.4, -0.2) is 11.7 Å². The second-order valence-electron chi connectivity index (χ2n) is 2.40. The second-order valence-corrected chi connectivity index (χ2v) is 2.80. The van der Waals surface area contributed by atoms with E-state index in [1.807, 2.05) is 0 Å². The maximum atomic E-state index is 13.1. The van der Waals surface area contributed by atoms with Crippen LogP contribution in [0.3, 0.4) is 0 Å². The molecule has 0 radical (unpaired) electrons. The van der Waals surface area contributed by atoms with Crippen LogP contribution in [0.5, 0.6) is 5.75 Å². The van der Waals surface area contributed by atoms with Crippen LogP contribution in [0.1, 0.15) is 5.56 Å². The van der Waals surface area contributed by atoms with Gasteiger partial charge < -0.3 is 10.8 Å². The average molecular weight is 190 g/mol. The Kier molecular flexibility index (Phi) is 2.89. The lowest BCUT2D eigenvalue weighted by molar-refractivity contribution is 0.459. The highest BCUT2D eigenvalue weighted by Gasteiger charge is 2.10. The van der Waals surface area contributed by atoms with Crippen molar-refractivity contribution in [2.45, 2.75) is 6.42 Å². The maximum Gasteiger partial charge on any atom is 0.148 e. The summed E-state index contributed by atoms with van der Waals surface area (Å²) in [5.41, 5.74) is 5.41. The summed E-state index contributed by atoms with van der Waals surface area (Å²) in [6.45, 7) is 0.283. The summed E-state index contributed by atoms with van der Waals surface area (Å²) in [5.74, 6) is -0.676. The molecule has 0 saturated carbocycles. The van der Waals surface area contributed by atoms with E-state index in [0.29, 0.717) is 0 Å². The molecule has 1 rings (SSSR count). The van der Waals surface area contributed by atoms with Gasteiger partial charge in [0.15, 0.2) is 0 Å². The Balaban J connectivity index is 3.14. The van der Waals surface area contributed by atoms with E-state index in [4.69, 9.17) is 17.3 Å². The number of rotatable bonds is 2. The Morgan fingerprint density at radius 1 is 1.50 bits per heavy atom. The molecule has 2 nitrogen and oxygen atoms in total. The molecular formula is C8H9ClFNO. The van der Waals surface area contributed by atoms with Crippen LogP contribution >= 0.6 is 11.6 Å². The molecule has 0 saturated heterocycles. The van der Waals surface area contributed by atoms with Crippen molar-refractivity contribution in [3.63, 3.8) is 0 Å². The summed E-state index contributed by atoms with van der Waals surface area (Å²) in [7, 11) is 0. The lowest BCUT2D eigenvalue weighted by atomic mass is 10.1. The molecule has 0 aromatic heterocycles. The Morgan fingerprint density at radius 2 is 2.17 bits per heavy atom. The number of aromatic hydroxyl groups is 1. The van der Waals surface area contributed by atoms with E-state index in [1.165, 1.54) is 12.1 Å². The van der Waals surface area contributed by atoms with E-state index in [-0.39, 0.29) is 29.3 Å². The first kappa shape index (κ1) is 9.29. The third-order valence-electron chi connectivity index (χ3n) is 1.57. The molecule has 0 spiro atoms. The van der Waals surface area contributed by atoms with Gasteiger partial charge in [0.1, 0.15) is 11.6 Å². The van der Waals surface area contributed by atoms with Crippen LogP contribution in [0, 0.1) is 5.82 Å². The van der Waals surface area contributed by atoms with Crippen LogP contribution in [0.25, 0.3) is 0 Å². The minimum atomic E-state index is -0.581. The normalized spacial score (nSPS) is 10.2. The molecule has 0 aliphatic carbocycles. The van der Waals surface area contributed by atoms with Crippen molar-refractivity contribution in [2.24, 2.45) is 5.73 Å². The molecule has 0 bridgehead atoms. The van der Waals surface area contributed by atoms with Gasteiger partial charge in [-0.15, -0.1) is 0 Å². The van der Waals surface area contributed by atoms with Crippen molar-refractivity contribution in [1.29, 1.82) is 0 Å². The predicted molar refractivity (Wildman–Crippen MR) is 45.8 cm³/mol. The SMILES string of the molecule is NCCc1c(O)ccc(Cl)c1F. The van der Waals surface area contributed by atoms with Gasteiger partial charge in [-0.2, -0.15) is 0 Å². The highest BCUT2D eigenvalue weighted by atomic mass is 35.5. The second kappa shape index (κ2) is 3.74. The van der Waals surface area contributed by atoms with Crippen LogP contribution in [-0.2, 0) is 6.42 Å². The van der Waals surface area contributed by atoms with Gasteiger partial charge in [-0.3, -0.25) is 0 Å². The lowest BCUT2D eigenvalue weighted by Crippen LogP contribution is -2.05. The largest absolute Gasteiger partial charge is 0.508 e. The molecule has 66 valence electrons. The number of benzene rings is 1. The van der Waals surface area contributed by atoms with Gasteiger partial charge in [0.2, 0.25) is 0 Å². The van der Waals surface area contributed by atoms with Gasteiger partial charge in [-0.1, -0.05) is 11.6 Å². The molecule has 0 aliphatic heterocycles. The maximum absolute atomic E-state index is 13.1. The smallest absolute Gasteiger partial charge is 0.148 e. The van der Waals surface area contributed by atoms with Crippen LogP contribution in [0.4, 0.5) is 4.39 Å². The third kappa shape index (κ3) is 1.68. The monoisotopic (exact) mass is 189 g/mol. The minimum absolute atomic E-state index is 0.0104. The fourth-order valence-corrected chi connectivity index (χ4v) is 1.14. The van der Waals surface area contributed by atoms with Gasteiger partial charge >= 0.3 is 0 Å². The zero-order chi connectivity index (χ0) is 9.14. The summed E-state index contributed by atoms with van der Waals surface area (Å²) in [6, 6.07) is 2.67. The lowest BCUT2D eigenvalue weighted by Gasteiger charge is -2.04. The molecule has 12 heavy (non-hydrogen) atoms. The van der Waals surface area contributed by atoms with E-state index in [1.54, 1.807) is 0 Å². The van der Waals surface area contributed by atoms with Crippen molar-refractivity contribution in [2.75, 3.05) is 6.54 Å². The van der Waals surface area contributed by atoms with Crippen LogP contribution in [0.2, 0.25) is 5.02 Å². The number of nitrogens with two attached hydrogens (primary N) is 1. The van der Waals surface area contributed by atoms with Crippen LogP contribution in [0.15, 0.2) is 12.1 Å². The molecule has 0 aliphatic rings. The molecule has 0 amide bonds. The minimum Gasteiger partial charge on any atom is -0.508 e. The van der Waals surface area contributed by atoms with Gasteiger partial charge in [0, 0.05) is 5.56 Å². The van der Waals surface area contributed by atoms with Crippen molar-refractivity contribution >= 4 is 11.6 Å². The summed E-state index contributed by atoms with van der Waals surface area (Å²) in [5, 5.41) is 9.20. The first-order chi connectivity index (χ1) is 5.66. The van der Waals surface area contributed by atoms with E-state index >= 15 is 0 Å². The Hall–Kier alpha value is -0.800. The van der Waals surface area contributed by atoms with Crippen molar-refractivity contribution in [3.8, 4) is 5.75 Å². The van der Waals surface area contributed by atoms with Crippen molar-refractivity contribution in [1.82, 2.24) is 0 Å². The van der Waals surface area contributed by atoms with E-state index in [0.717, 1.165) is 0 Å². The molecule has 0 unspecified atom stereocenters. The first-order valence-electron chi connectivity index (χ1n) is 3.52. The zero-order valence-electron chi connectivity index (χ0n) is 6.35.